The van der Waals surface area contributed by atoms with Gasteiger partial charge in [-0.05, 0) is 30.3 Å². The number of piperidine rings is 1. The summed E-state index contributed by atoms with van der Waals surface area (Å²) in [6.07, 6.45) is 2.13. The maximum atomic E-state index is 6.30. The van der Waals surface area contributed by atoms with Crippen LogP contribution in [0, 0.1) is 0 Å². The molecule has 5 heteroatoms. The van der Waals surface area contributed by atoms with Crippen LogP contribution in [0.1, 0.15) is 12.8 Å². The van der Waals surface area contributed by atoms with E-state index in [4.69, 9.17) is 26.8 Å². The number of halogens is 1. The molecule has 1 fully saturated rings. The average molecular weight is 333 g/mol. The summed E-state index contributed by atoms with van der Waals surface area (Å²) in [6, 6.07) is 13.4. The zero-order chi connectivity index (χ0) is 16.2. The van der Waals surface area contributed by atoms with Crippen molar-refractivity contribution in [2.24, 2.45) is 0 Å². The lowest BCUT2D eigenvalue weighted by Crippen LogP contribution is -2.38. The maximum absolute atomic E-state index is 6.30. The molecule has 0 radical (unpaired) electrons. The molecule has 122 valence electrons. The molecule has 4 nitrogen and oxygen atoms in total. The molecule has 0 amide bonds. The number of nitrogens with zero attached hydrogens (tertiary/aromatic N) is 1. The lowest BCUT2D eigenvalue weighted by Gasteiger charge is -2.34. The molecule has 23 heavy (non-hydrogen) atoms. The number of methoxy groups -OCH3 is 1. The van der Waals surface area contributed by atoms with Crippen molar-refractivity contribution in [1.29, 1.82) is 0 Å². The Hall–Kier alpha value is -2.07. The fourth-order valence-electron chi connectivity index (χ4n) is 2.86. The summed E-state index contributed by atoms with van der Waals surface area (Å²) < 4.78 is 11.3. The molecular weight excluding hydrogens is 312 g/mol. The molecule has 0 saturated carbocycles. The van der Waals surface area contributed by atoms with Gasteiger partial charge >= 0.3 is 0 Å². The van der Waals surface area contributed by atoms with Crippen LogP contribution in [0.5, 0.6) is 11.5 Å². The van der Waals surface area contributed by atoms with E-state index in [9.17, 15) is 0 Å². The van der Waals surface area contributed by atoms with Crippen LogP contribution in [0.25, 0.3) is 0 Å². The molecule has 0 aromatic heterocycles. The lowest BCUT2D eigenvalue weighted by molar-refractivity contribution is 0.170. The van der Waals surface area contributed by atoms with E-state index in [1.807, 2.05) is 36.4 Å². The molecule has 0 unspecified atom stereocenters. The number of benzene rings is 2. The van der Waals surface area contributed by atoms with Crippen LogP contribution in [0.2, 0.25) is 5.02 Å². The second-order valence-corrected chi connectivity index (χ2v) is 6.10. The first-order valence-electron chi connectivity index (χ1n) is 7.76. The third-order valence-electron chi connectivity index (χ3n) is 4.10. The van der Waals surface area contributed by atoms with Crippen molar-refractivity contribution in [3.63, 3.8) is 0 Å². The number of nitrogen functional groups attached to an aromatic ring is 1. The number of rotatable bonds is 4. The van der Waals surface area contributed by atoms with E-state index in [-0.39, 0.29) is 6.10 Å². The summed E-state index contributed by atoms with van der Waals surface area (Å²) in [6.45, 7) is 1.83. The lowest BCUT2D eigenvalue weighted by atomic mass is 10.1. The van der Waals surface area contributed by atoms with Crippen LogP contribution in [0.4, 0.5) is 11.4 Å². The van der Waals surface area contributed by atoms with Gasteiger partial charge in [0.05, 0.1) is 17.8 Å². The summed E-state index contributed by atoms with van der Waals surface area (Å²) in [7, 11) is 1.66. The van der Waals surface area contributed by atoms with E-state index in [2.05, 4.69) is 4.90 Å². The minimum atomic E-state index is 0.214. The van der Waals surface area contributed by atoms with Crippen molar-refractivity contribution >= 4 is 23.0 Å². The molecule has 3 rings (SSSR count). The zero-order valence-electron chi connectivity index (χ0n) is 13.2. The van der Waals surface area contributed by atoms with Gasteiger partial charge in [0.2, 0.25) is 0 Å². The van der Waals surface area contributed by atoms with Gasteiger partial charge in [-0.3, -0.25) is 0 Å². The van der Waals surface area contributed by atoms with Crippen molar-refractivity contribution in [1.82, 2.24) is 0 Å². The highest BCUT2D eigenvalue weighted by molar-refractivity contribution is 6.33. The van der Waals surface area contributed by atoms with Gasteiger partial charge in [0, 0.05) is 37.7 Å². The largest absolute Gasteiger partial charge is 0.497 e. The number of ether oxygens (including phenoxy) is 2. The molecule has 0 atom stereocenters. The summed E-state index contributed by atoms with van der Waals surface area (Å²) in [5, 5.41) is 0.706. The molecule has 1 saturated heterocycles. The van der Waals surface area contributed by atoms with Crippen molar-refractivity contribution < 1.29 is 9.47 Å². The summed E-state index contributed by atoms with van der Waals surface area (Å²) in [4.78, 5) is 2.28. The molecule has 1 aliphatic rings. The first-order valence-corrected chi connectivity index (χ1v) is 8.14. The molecule has 1 heterocycles. The minimum absolute atomic E-state index is 0.214. The van der Waals surface area contributed by atoms with E-state index in [1.54, 1.807) is 13.2 Å². The van der Waals surface area contributed by atoms with Crippen molar-refractivity contribution in [2.75, 3.05) is 30.8 Å². The number of nitrogens with two attached hydrogens (primary N) is 1. The van der Waals surface area contributed by atoms with Gasteiger partial charge in [0.15, 0.2) is 0 Å². The maximum Gasteiger partial charge on any atom is 0.123 e. The van der Waals surface area contributed by atoms with Crippen LogP contribution >= 0.6 is 11.6 Å². The van der Waals surface area contributed by atoms with Crippen LogP contribution in [-0.2, 0) is 0 Å². The Morgan fingerprint density at radius 3 is 2.52 bits per heavy atom. The van der Waals surface area contributed by atoms with E-state index >= 15 is 0 Å². The van der Waals surface area contributed by atoms with Gasteiger partial charge in [-0.25, -0.2) is 0 Å². The highest BCUT2D eigenvalue weighted by atomic mass is 35.5. The van der Waals surface area contributed by atoms with Gasteiger partial charge < -0.3 is 20.1 Å². The van der Waals surface area contributed by atoms with Crippen LogP contribution in [-0.4, -0.2) is 26.3 Å². The zero-order valence-corrected chi connectivity index (χ0v) is 13.9. The molecule has 0 spiro atoms. The third kappa shape index (κ3) is 3.82. The number of hydrogen-bond donors (Lipinski definition) is 1. The van der Waals surface area contributed by atoms with Crippen molar-refractivity contribution in [3.05, 3.63) is 47.5 Å². The normalized spacial score (nSPS) is 15.5. The first-order chi connectivity index (χ1) is 11.2. The van der Waals surface area contributed by atoms with Crippen molar-refractivity contribution in [3.8, 4) is 11.5 Å². The smallest absolute Gasteiger partial charge is 0.123 e. The van der Waals surface area contributed by atoms with Gasteiger partial charge in [0.1, 0.15) is 17.6 Å². The van der Waals surface area contributed by atoms with Crippen LogP contribution in [0.15, 0.2) is 42.5 Å². The first kappa shape index (κ1) is 15.8. The number of anilines is 2. The molecule has 2 aromatic rings. The topological polar surface area (TPSA) is 47.7 Å². The molecule has 1 aliphatic heterocycles. The molecule has 2 aromatic carbocycles. The summed E-state index contributed by atoms with van der Waals surface area (Å²) in [5.74, 6) is 1.67. The second kappa shape index (κ2) is 7.01. The predicted molar refractivity (Wildman–Crippen MR) is 94.7 cm³/mol. The average Bonchev–Trinajstić information content (AvgIpc) is 2.56. The third-order valence-corrected chi connectivity index (χ3v) is 4.40. The SMILES string of the molecule is COc1cccc(OC2CCN(c3ccc(N)cc3Cl)CC2)c1. The van der Waals surface area contributed by atoms with E-state index in [1.165, 1.54) is 0 Å². The number of hydrogen-bond acceptors (Lipinski definition) is 4. The highest BCUT2D eigenvalue weighted by Crippen LogP contribution is 2.31. The Morgan fingerprint density at radius 1 is 1.09 bits per heavy atom. The Labute approximate surface area is 141 Å². The van der Waals surface area contributed by atoms with E-state index in [0.717, 1.165) is 43.1 Å². The molecule has 2 N–H and O–H groups in total. The minimum Gasteiger partial charge on any atom is -0.497 e. The van der Waals surface area contributed by atoms with Crippen molar-refractivity contribution in [2.45, 2.75) is 18.9 Å². The van der Waals surface area contributed by atoms with E-state index in [0.29, 0.717) is 10.7 Å². The fraction of sp³-hybridized carbons (Fsp3) is 0.333. The molecular formula is C18H21ClN2O2. The van der Waals surface area contributed by atoms with Crippen LogP contribution in [0.3, 0.4) is 0 Å². The van der Waals surface area contributed by atoms with Gasteiger partial charge in [0.25, 0.3) is 0 Å². The Kier molecular flexibility index (Phi) is 4.82. The fourth-order valence-corrected chi connectivity index (χ4v) is 3.17. The summed E-state index contributed by atoms with van der Waals surface area (Å²) >= 11 is 6.30. The highest BCUT2D eigenvalue weighted by Gasteiger charge is 2.22. The Bertz CT molecular complexity index is 670. The van der Waals surface area contributed by atoms with Gasteiger partial charge in [-0.1, -0.05) is 17.7 Å². The van der Waals surface area contributed by atoms with E-state index < -0.39 is 0 Å². The Morgan fingerprint density at radius 2 is 1.83 bits per heavy atom. The predicted octanol–water partition coefficient (Wildman–Crippen LogP) is 3.98. The monoisotopic (exact) mass is 332 g/mol. The van der Waals surface area contributed by atoms with Gasteiger partial charge in [-0.2, -0.15) is 0 Å². The quantitative estimate of drug-likeness (QED) is 0.860. The Balaban J connectivity index is 1.59. The summed E-state index contributed by atoms with van der Waals surface area (Å²) in [5.41, 5.74) is 7.49. The molecule has 0 bridgehead atoms. The standard InChI is InChI=1S/C18H21ClN2O2/c1-22-15-3-2-4-16(12-15)23-14-7-9-21(10-8-14)18-6-5-13(20)11-17(18)19/h2-6,11-12,14H,7-10,20H2,1H3. The van der Waals surface area contributed by atoms with Crippen LogP contribution < -0.4 is 20.1 Å². The second-order valence-electron chi connectivity index (χ2n) is 5.69. The van der Waals surface area contributed by atoms with Gasteiger partial charge in [-0.15, -0.1) is 0 Å². The molecule has 0 aliphatic carbocycles.